The lowest BCUT2D eigenvalue weighted by molar-refractivity contribution is 0.0538. The Kier molecular flexibility index (Phi) is 134. The Bertz CT molecular complexity index is 928. The third-order valence-electron chi connectivity index (χ3n) is 12.6. The van der Waals surface area contributed by atoms with E-state index < -0.39 is 0 Å². The average Bonchev–Trinajstić information content (AvgIpc) is 3.63. The predicted octanol–water partition coefficient (Wildman–Crippen LogP) is -4.85. The van der Waals surface area contributed by atoms with Gasteiger partial charge in [-0.3, -0.25) is 0 Å². The minimum Gasteiger partial charge on any atom is -0.396 e. The number of nitrogens with two attached hydrogens (primary N) is 18. The fourth-order valence-electron chi connectivity index (χ4n) is 7.27. The molecule has 0 bridgehead atoms. The Morgan fingerprint density at radius 3 is 0.844 bits per heavy atom. The molecule has 3 rings (SSSR count). The second kappa shape index (κ2) is 112. The third-order valence-corrected chi connectivity index (χ3v) is 12.6. The smallest absolute Gasteiger partial charge is 0.0701 e. The van der Waals surface area contributed by atoms with Crippen molar-refractivity contribution in [2.24, 2.45) is 103 Å². The maximum absolute atomic E-state index is 8.41. The molecule has 0 aromatic heterocycles. The minimum absolute atomic E-state index is 0.208. The molecule has 0 aromatic carbocycles. The first-order valence-corrected chi connectivity index (χ1v) is 34.6. The maximum atomic E-state index is 8.41. The summed E-state index contributed by atoms with van der Waals surface area (Å²) < 4.78 is 10.1. The van der Waals surface area contributed by atoms with Crippen LogP contribution in [0, 0.1) is 0 Å². The van der Waals surface area contributed by atoms with Crippen LogP contribution < -0.4 is 135 Å². The number of hydrogen-bond donors (Lipinski definition) is 27. The zero-order valence-electron chi connectivity index (χ0n) is 58.8. The van der Waals surface area contributed by atoms with Gasteiger partial charge in [0.25, 0.3) is 0 Å². The number of unbranched alkanes of at least 4 members (excludes halogenated alkanes) is 6. The summed E-state index contributed by atoms with van der Waals surface area (Å²) in [5.74, 6) is 0. The SMILES string of the molecule is CNCCCN.CNCCCNC.NC1CCCC(N)C1.NCCCCCNCCN.NCCCCCO.NCCCN.NCCN.NCCNCCN.NCCOCCOCCN.N[C@@H]1CCCC[C@@H]1N.N[C@@H]1CCCC[C@H]1N.OCCCCCNCCO. The Hall–Kier alpha value is -1.16. The number of rotatable bonds is 39. The van der Waals surface area contributed by atoms with Crippen molar-refractivity contribution < 1.29 is 24.8 Å². The van der Waals surface area contributed by atoms with Crippen molar-refractivity contribution in [2.75, 3.05) is 205 Å². The zero-order valence-corrected chi connectivity index (χ0v) is 58.8. The molecule has 0 heterocycles. The van der Waals surface area contributed by atoms with E-state index in [0.717, 1.165) is 182 Å². The van der Waals surface area contributed by atoms with Crippen LogP contribution in [0.2, 0.25) is 0 Å². The summed E-state index contributed by atoms with van der Waals surface area (Å²) in [6.45, 7) is 20.1. The van der Waals surface area contributed by atoms with Gasteiger partial charge < -0.3 is 160 Å². The molecule has 3 saturated carbocycles. The van der Waals surface area contributed by atoms with Crippen LogP contribution in [0.4, 0.5) is 0 Å². The van der Waals surface area contributed by atoms with E-state index in [1.165, 1.54) is 64.2 Å². The summed E-state index contributed by atoms with van der Waals surface area (Å²) in [5, 5.41) is 43.5. The van der Waals surface area contributed by atoms with E-state index in [9.17, 15) is 0 Å². The van der Waals surface area contributed by atoms with Crippen molar-refractivity contribution in [1.29, 1.82) is 0 Å². The second-order valence-corrected chi connectivity index (χ2v) is 21.6. The van der Waals surface area contributed by atoms with Crippen LogP contribution in [-0.4, -0.2) is 256 Å². The van der Waals surface area contributed by atoms with E-state index in [4.69, 9.17) is 128 Å². The fourth-order valence-corrected chi connectivity index (χ4v) is 7.27. The van der Waals surface area contributed by atoms with Gasteiger partial charge in [-0.05, 0) is 202 Å². The van der Waals surface area contributed by atoms with Gasteiger partial charge in [-0.15, -0.1) is 0 Å². The molecule has 45 N–H and O–H groups in total. The van der Waals surface area contributed by atoms with Crippen LogP contribution in [0.5, 0.6) is 0 Å². The normalized spacial score (nSPS) is 17.6. The largest absolute Gasteiger partial charge is 0.396 e. The molecule has 3 fully saturated rings. The highest BCUT2D eigenvalue weighted by molar-refractivity contribution is 4.81. The molecule has 0 aromatic rings. The fraction of sp³-hybridized carbons (Fsp3) is 1.00. The molecule has 6 atom stereocenters. The van der Waals surface area contributed by atoms with Crippen molar-refractivity contribution in [3.05, 3.63) is 0 Å². The molecule has 0 spiro atoms. The molecule has 0 amide bonds. The zero-order chi connectivity index (χ0) is 69.9. The van der Waals surface area contributed by atoms with E-state index in [0.29, 0.717) is 97.5 Å². The Balaban J connectivity index is -0.000000114. The number of ether oxygens (including phenoxy) is 2. The van der Waals surface area contributed by atoms with Gasteiger partial charge in [-0.2, -0.15) is 0 Å². The van der Waals surface area contributed by atoms with Gasteiger partial charge in [0.1, 0.15) is 0 Å². The summed E-state index contributed by atoms with van der Waals surface area (Å²) >= 11 is 0. The highest BCUT2D eigenvalue weighted by atomic mass is 16.5. The summed E-state index contributed by atoms with van der Waals surface area (Å²) in [7, 11) is 5.86. The van der Waals surface area contributed by atoms with Gasteiger partial charge in [-0.1, -0.05) is 38.5 Å². The molecular weight excluding hydrogens is 1150 g/mol. The molecule has 3 aliphatic rings. The number of aliphatic hydroxyl groups is 3. The predicted molar refractivity (Wildman–Crippen MR) is 391 cm³/mol. The first-order chi connectivity index (χ1) is 43.6. The highest BCUT2D eigenvalue weighted by Crippen LogP contribution is 2.16. The Labute approximate surface area is 553 Å². The lowest BCUT2D eigenvalue weighted by Crippen LogP contribution is -2.43. The lowest BCUT2D eigenvalue weighted by Gasteiger charge is -2.24. The molecule has 0 saturated heterocycles. The van der Waals surface area contributed by atoms with E-state index in [1.807, 2.05) is 21.1 Å². The van der Waals surface area contributed by atoms with Crippen LogP contribution in [0.1, 0.15) is 154 Å². The summed E-state index contributed by atoms with van der Waals surface area (Å²) in [6.07, 6.45) is 27.1. The minimum atomic E-state index is 0.208. The Morgan fingerprint density at radius 2 is 0.600 bits per heavy atom. The second-order valence-electron chi connectivity index (χ2n) is 21.6. The molecule has 0 aliphatic heterocycles. The average molecular weight is 1310 g/mol. The van der Waals surface area contributed by atoms with Gasteiger partial charge >= 0.3 is 0 Å². The molecule has 3 aliphatic carbocycles. The molecule has 90 heavy (non-hydrogen) atoms. The molecule has 29 heteroatoms. The van der Waals surface area contributed by atoms with E-state index in [2.05, 4.69) is 31.9 Å². The number of aliphatic hydroxyl groups excluding tert-OH is 3. The number of hydrogen-bond acceptors (Lipinski definition) is 29. The molecule has 2 unspecified atom stereocenters. The van der Waals surface area contributed by atoms with Gasteiger partial charge in [0, 0.05) is 121 Å². The molecule has 29 nitrogen and oxygen atoms in total. The topological polar surface area (TPSA) is 620 Å². The van der Waals surface area contributed by atoms with Crippen molar-refractivity contribution in [3.8, 4) is 0 Å². The van der Waals surface area contributed by atoms with E-state index in [-0.39, 0.29) is 30.8 Å². The quantitative estimate of drug-likeness (QED) is 0.0257. The van der Waals surface area contributed by atoms with Gasteiger partial charge in [0.2, 0.25) is 0 Å². The van der Waals surface area contributed by atoms with Crippen LogP contribution in [-0.2, 0) is 9.47 Å². The van der Waals surface area contributed by atoms with E-state index in [1.54, 1.807) is 0 Å². The summed E-state index contributed by atoms with van der Waals surface area (Å²) in [6, 6.07) is 1.90. The highest BCUT2D eigenvalue weighted by Gasteiger charge is 2.17. The molecular formula is C61H164N24O5. The van der Waals surface area contributed by atoms with Crippen LogP contribution >= 0.6 is 0 Å². The first kappa shape index (κ1) is 108. The maximum Gasteiger partial charge on any atom is 0.0701 e. The molecule has 0 radical (unpaired) electrons. The van der Waals surface area contributed by atoms with Crippen LogP contribution in [0.25, 0.3) is 0 Å². The molecule has 558 valence electrons. The standard InChI is InChI=1S/C7H19N3.C7H17NO2.C6H16N2O2.3C6H14N2.C5H14N2.C5H13NO.C4H13N3.C4H12N2.C3H10N2.C2H8N2/c8-4-2-1-3-6-10-7-5-9;9-6-3-1-2-4-8-5-7-10;7-1-3-9-5-6-10-4-2-8;7-5-2-1-3-6(8)4-5;2*7-5-3-1-2-4-6(5)8;1-6-4-3-5-7-2;6-4-2-1-3-5-7;5-1-3-7-4-2-6;1-6-4-2-3-5;4-2-1-3-5;3-1-2-4/h10H,1-9H2;8-10H,1-7H2;1-8H2;3*5-6H,1-4,7-8H2;6-7H,3-5H2,1-2H3;2*7H,1-6H2;6H,2-5H2,1H3;1-5H2;1-4H2/t;;;;5-,6+;5-,6-;;;;;;/m.....1....../s1. The van der Waals surface area contributed by atoms with Gasteiger partial charge in [-0.25, -0.2) is 0 Å². The van der Waals surface area contributed by atoms with Crippen molar-refractivity contribution in [1.82, 2.24) is 31.9 Å². The van der Waals surface area contributed by atoms with Crippen LogP contribution in [0.3, 0.4) is 0 Å². The first-order valence-electron chi connectivity index (χ1n) is 34.6. The monoisotopic (exact) mass is 1310 g/mol. The lowest BCUT2D eigenvalue weighted by atomic mass is 9.92. The summed E-state index contributed by atoms with van der Waals surface area (Å²) in [5.41, 5.74) is 95.5. The third kappa shape index (κ3) is 131. The van der Waals surface area contributed by atoms with Crippen LogP contribution in [0.15, 0.2) is 0 Å². The van der Waals surface area contributed by atoms with Gasteiger partial charge in [0.15, 0.2) is 0 Å². The summed E-state index contributed by atoms with van der Waals surface area (Å²) in [4.78, 5) is 0. The Morgan fingerprint density at radius 1 is 0.278 bits per heavy atom. The van der Waals surface area contributed by atoms with E-state index >= 15 is 0 Å². The van der Waals surface area contributed by atoms with Crippen molar-refractivity contribution in [3.63, 3.8) is 0 Å². The van der Waals surface area contributed by atoms with Crippen molar-refractivity contribution >= 4 is 0 Å². The number of nitrogens with one attached hydrogen (secondary N) is 6. The van der Waals surface area contributed by atoms with Gasteiger partial charge in [0.05, 0.1) is 33.0 Å². The van der Waals surface area contributed by atoms with Crippen molar-refractivity contribution in [2.45, 2.75) is 190 Å².